The standard InChI is InChI=1S/C13H14N4O/c1-17(10-5-3-2-4-6-10)13(18)12-14-11(15-16-12)9-7-8-9/h2-6,9H,7-8H2,1H3,(H,14,15,16). The summed E-state index contributed by atoms with van der Waals surface area (Å²) >= 11 is 0. The Kier molecular flexibility index (Phi) is 2.59. The van der Waals surface area contributed by atoms with Crippen molar-refractivity contribution in [1.82, 2.24) is 15.2 Å². The van der Waals surface area contributed by atoms with Gasteiger partial charge in [0.25, 0.3) is 5.91 Å². The predicted molar refractivity (Wildman–Crippen MR) is 67.5 cm³/mol. The Labute approximate surface area is 105 Å². The SMILES string of the molecule is CN(C(=O)c1n[nH]c(C2CC2)n1)c1ccccc1. The lowest BCUT2D eigenvalue weighted by molar-refractivity contribution is 0.0983. The predicted octanol–water partition coefficient (Wildman–Crippen LogP) is 1.96. The summed E-state index contributed by atoms with van der Waals surface area (Å²) in [5, 5.41) is 6.84. The Hall–Kier alpha value is -2.17. The largest absolute Gasteiger partial charge is 0.309 e. The van der Waals surface area contributed by atoms with E-state index in [0.717, 1.165) is 24.4 Å². The van der Waals surface area contributed by atoms with Crippen molar-refractivity contribution in [1.29, 1.82) is 0 Å². The van der Waals surface area contributed by atoms with E-state index in [1.807, 2.05) is 30.3 Å². The first-order chi connectivity index (χ1) is 8.75. The van der Waals surface area contributed by atoms with Gasteiger partial charge in [-0.25, -0.2) is 4.98 Å². The number of anilines is 1. The van der Waals surface area contributed by atoms with E-state index in [0.29, 0.717) is 5.92 Å². The summed E-state index contributed by atoms with van der Waals surface area (Å²) in [7, 11) is 1.73. The minimum Gasteiger partial charge on any atom is -0.309 e. The summed E-state index contributed by atoms with van der Waals surface area (Å²) in [6, 6.07) is 9.47. The number of benzene rings is 1. The molecule has 0 aliphatic heterocycles. The third kappa shape index (κ3) is 1.99. The second-order valence-corrected chi connectivity index (χ2v) is 4.52. The van der Waals surface area contributed by atoms with Gasteiger partial charge in [0.2, 0.25) is 5.82 Å². The Bertz CT molecular complexity index is 559. The van der Waals surface area contributed by atoms with Gasteiger partial charge >= 0.3 is 0 Å². The quantitative estimate of drug-likeness (QED) is 0.894. The van der Waals surface area contributed by atoms with Crippen molar-refractivity contribution in [3.63, 3.8) is 0 Å². The lowest BCUT2D eigenvalue weighted by Crippen LogP contribution is -2.27. The Morgan fingerprint density at radius 3 is 2.72 bits per heavy atom. The van der Waals surface area contributed by atoms with Gasteiger partial charge in [-0.15, -0.1) is 5.10 Å². The van der Waals surface area contributed by atoms with E-state index in [4.69, 9.17) is 0 Å². The van der Waals surface area contributed by atoms with Crippen LogP contribution in [0.15, 0.2) is 30.3 Å². The molecule has 0 unspecified atom stereocenters. The fraction of sp³-hybridized carbons (Fsp3) is 0.308. The molecule has 92 valence electrons. The molecule has 0 saturated heterocycles. The normalized spacial score (nSPS) is 14.5. The van der Waals surface area contributed by atoms with Crippen molar-refractivity contribution >= 4 is 11.6 Å². The highest BCUT2D eigenvalue weighted by molar-refractivity contribution is 6.03. The molecule has 1 heterocycles. The van der Waals surface area contributed by atoms with E-state index in [1.165, 1.54) is 0 Å². The molecule has 1 aliphatic carbocycles. The van der Waals surface area contributed by atoms with Crippen LogP contribution in [0.4, 0.5) is 5.69 Å². The molecule has 0 bridgehead atoms. The van der Waals surface area contributed by atoms with Gasteiger partial charge in [-0.05, 0) is 25.0 Å². The molecule has 1 aromatic heterocycles. The van der Waals surface area contributed by atoms with Crippen molar-refractivity contribution in [2.45, 2.75) is 18.8 Å². The van der Waals surface area contributed by atoms with E-state index in [-0.39, 0.29) is 11.7 Å². The average Bonchev–Trinajstić information content (AvgIpc) is 3.16. The van der Waals surface area contributed by atoms with E-state index < -0.39 is 0 Å². The zero-order chi connectivity index (χ0) is 12.5. The molecular weight excluding hydrogens is 228 g/mol. The highest BCUT2D eigenvalue weighted by Crippen LogP contribution is 2.37. The number of carbonyl (C=O) groups is 1. The van der Waals surface area contributed by atoms with Crippen LogP contribution < -0.4 is 4.90 Å². The van der Waals surface area contributed by atoms with Gasteiger partial charge in [-0.1, -0.05) is 18.2 Å². The van der Waals surface area contributed by atoms with Crippen LogP contribution in [-0.4, -0.2) is 28.1 Å². The van der Waals surface area contributed by atoms with Crippen LogP contribution in [0.3, 0.4) is 0 Å². The van der Waals surface area contributed by atoms with Gasteiger partial charge in [0.1, 0.15) is 5.82 Å². The van der Waals surface area contributed by atoms with Gasteiger partial charge in [0, 0.05) is 18.7 Å². The molecule has 0 spiro atoms. The molecule has 1 N–H and O–H groups in total. The summed E-state index contributed by atoms with van der Waals surface area (Å²) in [5.41, 5.74) is 0.834. The summed E-state index contributed by atoms with van der Waals surface area (Å²) in [4.78, 5) is 18.0. The average molecular weight is 242 g/mol. The summed E-state index contributed by atoms with van der Waals surface area (Å²) in [6.07, 6.45) is 2.27. The smallest absolute Gasteiger partial charge is 0.297 e. The number of rotatable bonds is 3. The molecule has 1 saturated carbocycles. The molecule has 1 fully saturated rings. The van der Waals surface area contributed by atoms with Crippen LogP contribution in [0.5, 0.6) is 0 Å². The Morgan fingerprint density at radius 2 is 2.06 bits per heavy atom. The second kappa shape index (κ2) is 4.25. The highest BCUT2D eigenvalue weighted by atomic mass is 16.2. The second-order valence-electron chi connectivity index (χ2n) is 4.52. The van der Waals surface area contributed by atoms with E-state index in [1.54, 1.807) is 11.9 Å². The molecule has 18 heavy (non-hydrogen) atoms. The number of hydrogen-bond donors (Lipinski definition) is 1. The third-order valence-corrected chi connectivity index (χ3v) is 3.11. The lowest BCUT2D eigenvalue weighted by atomic mass is 10.3. The number of H-pyrrole nitrogens is 1. The maximum Gasteiger partial charge on any atom is 0.297 e. The molecule has 0 atom stereocenters. The molecule has 1 aromatic carbocycles. The van der Waals surface area contributed by atoms with E-state index >= 15 is 0 Å². The van der Waals surface area contributed by atoms with Gasteiger partial charge in [0.15, 0.2) is 0 Å². The number of aromatic nitrogens is 3. The maximum atomic E-state index is 12.2. The first-order valence-corrected chi connectivity index (χ1v) is 6.01. The van der Waals surface area contributed by atoms with Crippen LogP contribution in [0.1, 0.15) is 35.2 Å². The van der Waals surface area contributed by atoms with Crippen molar-refractivity contribution in [2.75, 3.05) is 11.9 Å². The van der Waals surface area contributed by atoms with Crippen LogP contribution >= 0.6 is 0 Å². The Morgan fingerprint density at radius 1 is 1.33 bits per heavy atom. The number of carbonyl (C=O) groups excluding carboxylic acids is 1. The molecule has 3 rings (SSSR count). The molecular formula is C13H14N4O. The van der Waals surface area contributed by atoms with Crippen molar-refractivity contribution in [2.24, 2.45) is 0 Å². The topological polar surface area (TPSA) is 61.9 Å². The minimum absolute atomic E-state index is 0.190. The van der Waals surface area contributed by atoms with Gasteiger partial charge in [-0.3, -0.25) is 9.89 Å². The van der Waals surface area contributed by atoms with Gasteiger partial charge in [0.05, 0.1) is 0 Å². The molecule has 0 radical (unpaired) electrons. The maximum absolute atomic E-state index is 12.2. The number of hydrogen-bond acceptors (Lipinski definition) is 3. The van der Waals surface area contributed by atoms with Crippen molar-refractivity contribution < 1.29 is 4.79 Å². The zero-order valence-corrected chi connectivity index (χ0v) is 10.1. The van der Waals surface area contributed by atoms with Crippen molar-refractivity contribution in [3.8, 4) is 0 Å². The highest BCUT2D eigenvalue weighted by Gasteiger charge is 2.28. The number of para-hydroxylation sites is 1. The fourth-order valence-electron chi connectivity index (χ4n) is 1.83. The molecule has 1 amide bonds. The lowest BCUT2D eigenvalue weighted by Gasteiger charge is -2.14. The first-order valence-electron chi connectivity index (χ1n) is 6.01. The summed E-state index contributed by atoms with van der Waals surface area (Å²) in [5.74, 6) is 1.36. The minimum atomic E-state index is -0.190. The monoisotopic (exact) mass is 242 g/mol. The zero-order valence-electron chi connectivity index (χ0n) is 10.1. The van der Waals surface area contributed by atoms with Gasteiger partial charge in [-0.2, -0.15) is 0 Å². The summed E-state index contributed by atoms with van der Waals surface area (Å²) < 4.78 is 0. The molecule has 5 heteroatoms. The molecule has 5 nitrogen and oxygen atoms in total. The van der Waals surface area contributed by atoms with Crippen LogP contribution in [-0.2, 0) is 0 Å². The van der Waals surface area contributed by atoms with E-state index in [2.05, 4.69) is 15.2 Å². The first kappa shape index (κ1) is 11.0. The van der Waals surface area contributed by atoms with Crippen molar-refractivity contribution in [3.05, 3.63) is 42.0 Å². The van der Waals surface area contributed by atoms with Crippen LogP contribution in [0.2, 0.25) is 0 Å². The Balaban J connectivity index is 1.80. The van der Waals surface area contributed by atoms with Gasteiger partial charge < -0.3 is 4.90 Å². The van der Waals surface area contributed by atoms with Crippen LogP contribution in [0.25, 0.3) is 0 Å². The summed E-state index contributed by atoms with van der Waals surface area (Å²) in [6.45, 7) is 0. The molecule has 2 aromatic rings. The number of nitrogens with zero attached hydrogens (tertiary/aromatic N) is 3. The van der Waals surface area contributed by atoms with Crippen LogP contribution in [0, 0.1) is 0 Å². The fourth-order valence-corrected chi connectivity index (χ4v) is 1.83. The number of nitrogens with one attached hydrogen (secondary N) is 1. The molecule has 1 aliphatic rings. The van der Waals surface area contributed by atoms with E-state index in [9.17, 15) is 4.79 Å². The number of amides is 1. The number of aromatic amines is 1. The third-order valence-electron chi connectivity index (χ3n) is 3.11.